The topological polar surface area (TPSA) is 135 Å². The molecule has 1 amide bonds. The Balaban J connectivity index is 1.78. The van der Waals surface area contributed by atoms with Crippen LogP contribution >= 0.6 is 0 Å². The van der Waals surface area contributed by atoms with E-state index in [0.717, 1.165) is 23.3 Å². The van der Waals surface area contributed by atoms with Crippen LogP contribution in [0.4, 0.5) is 11.4 Å². The number of aryl methyl sites for hydroxylation is 1. The number of nitrogens with one attached hydrogen (secondary N) is 1. The molecular formula is C26H23N3O6. The summed E-state index contributed by atoms with van der Waals surface area (Å²) >= 11 is 0. The fourth-order valence-corrected chi connectivity index (χ4v) is 3.09. The summed E-state index contributed by atoms with van der Waals surface area (Å²) in [5.41, 5.74) is 2.05. The highest BCUT2D eigenvalue weighted by molar-refractivity contribution is 6.10. The van der Waals surface area contributed by atoms with Crippen LogP contribution in [0.1, 0.15) is 23.6 Å². The lowest BCUT2D eigenvalue weighted by molar-refractivity contribution is -0.384. The molecule has 0 radical (unpaired) electrons. The molecular weight excluding hydrogens is 450 g/mol. The number of anilines is 1. The summed E-state index contributed by atoms with van der Waals surface area (Å²) in [6.45, 7) is 4.57. The lowest BCUT2D eigenvalue weighted by Crippen LogP contribution is -2.13. The second-order valence-corrected chi connectivity index (χ2v) is 7.50. The third kappa shape index (κ3) is 6.58. The van der Waals surface area contributed by atoms with Crippen molar-refractivity contribution in [1.29, 1.82) is 5.26 Å². The predicted molar refractivity (Wildman–Crippen MR) is 130 cm³/mol. The number of nitriles is 1. The molecule has 9 nitrogen and oxygen atoms in total. The zero-order valence-electron chi connectivity index (χ0n) is 19.1. The molecule has 3 aromatic carbocycles. The molecule has 0 aliphatic carbocycles. The molecule has 0 aromatic heterocycles. The smallest absolute Gasteiger partial charge is 0.273 e. The number of rotatable bonds is 9. The number of amides is 1. The van der Waals surface area contributed by atoms with Gasteiger partial charge >= 0.3 is 0 Å². The van der Waals surface area contributed by atoms with Gasteiger partial charge in [-0.25, -0.2) is 0 Å². The number of hydrogen-bond donors (Lipinski definition) is 2. The van der Waals surface area contributed by atoms with Gasteiger partial charge in [0.1, 0.15) is 24.0 Å². The molecule has 0 unspecified atom stereocenters. The van der Waals surface area contributed by atoms with Crippen LogP contribution in [0.2, 0.25) is 0 Å². The monoisotopic (exact) mass is 473 g/mol. The van der Waals surface area contributed by atoms with Gasteiger partial charge in [-0.2, -0.15) is 5.26 Å². The molecule has 2 N–H and O–H groups in total. The summed E-state index contributed by atoms with van der Waals surface area (Å²) in [6.07, 6.45) is 1.37. The maximum Gasteiger partial charge on any atom is 0.273 e. The molecule has 9 heteroatoms. The Labute approximate surface area is 202 Å². The molecule has 0 saturated carbocycles. The molecule has 0 bridgehead atoms. The first-order valence-electron chi connectivity index (χ1n) is 10.7. The minimum Gasteiger partial charge on any atom is -0.506 e. The quantitative estimate of drug-likeness (QED) is 0.145. The lowest BCUT2D eigenvalue weighted by atomic mass is 10.1. The van der Waals surface area contributed by atoms with E-state index in [-0.39, 0.29) is 16.9 Å². The van der Waals surface area contributed by atoms with Crippen LogP contribution in [0.25, 0.3) is 6.08 Å². The number of non-ortho nitro benzene ring substituents is 1. The number of ether oxygens (including phenoxy) is 2. The van der Waals surface area contributed by atoms with E-state index in [4.69, 9.17) is 9.47 Å². The zero-order chi connectivity index (χ0) is 25.4. The predicted octanol–water partition coefficient (Wildman–Crippen LogP) is 5.13. The molecule has 3 rings (SSSR count). The molecule has 3 aromatic rings. The van der Waals surface area contributed by atoms with Crippen LogP contribution < -0.4 is 14.8 Å². The Bertz CT molecular complexity index is 1310. The average molecular weight is 473 g/mol. The first kappa shape index (κ1) is 24.8. The molecule has 35 heavy (non-hydrogen) atoms. The van der Waals surface area contributed by atoms with E-state index in [2.05, 4.69) is 5.32 Å². The molecule has 0 aliphatic rings. The zero-order valence-corrected chi connectivity index (χ0v) is 19.1. The van der Waals surface area contributed by atoms with Gasteiger partial charge in [-0.1, -0.05) is 35.9 Å². The first-order chi connectivity index (χ1) is 16.8. The van der Waals surface area contributed by atoms with Gasteiger partial charge in [0.15, 0.2) is 11.5 Å². The van der Waals surface area contributed by atoms with Crippen LogP contribution in [0, 0.1) is 28.4 Å². The van der Waals surface area contributed by atoms with Gasteiger partial charge in [0.05, 0.1) is 23.3 Å². The van der Waals surface area contributed by atoms with Crippen molar-refractivity contribution >= 4 is 23.4 Å². The van der Waals surface area contributed by atoms with Gasteiger partial charge in [-0.15, -0.1) is 0 Å². The Hall–Kier alpha value is -4.84. The van der Waals surface area contributed by atoms with E-state index in [1.165, 1.54) is 12.1 Å². The number of nitro benzene ring substituents is 1. The standard InChI is InChI=1S/C26H23N3O6/c1-3-34-25-13-19(8-11-24(25)35-16-18-6-4-17(2)5-7-18)12-20(15-27)26(31)28-22-10-9-21(29(32)33)14-23(22)30/h4-14,30H,3,16H2,1-2H3,(H,28,31). The average Bonchev–Trinajstić information content (AvgIpc) is 2.84. The van der Waals surface area contributed by atoms with Crippen molar-refractivity contribution in [3.8, 4) is 23.3 Å². The van der Waals surface area contributed by atoms with Crippen molar-refractivity contribution in [2.75, 3.05) is 11.9 Å². The number of carbonyl (C=O) groups is 1. The largest absolute Gasteiger partial charge is 0.506 e. The summed E-state index contributed by atoms with van der Waals surface area (Å²) in [5.74, 6) is -0.296. The van der Waals surface area contributed by atoms with Crippen molar-refractivity contribution in [2.24, 2.45) is 0 Å². The number of phenolic OH excluding ortho intramolecular Hbond substituents is 1. The van der Waals surface area contributed by atoms with E-state index in [9.17, 15) is 25.3 Å². The number of benzene rings is 3. The SMILES string of the molecule is CCOc1cc(C=C(C#N)C(=O)Nc2ccc([N+](=O)[O-])cc2O)ccc1OCc1ccc(C)cc1. The van der Waals surface area contributed by atoms with E-state index in [1.54, 1.807) is 18.2 Å². The van der Waals surface area contributed by atoms with Gasteiger partial charge in [-0.3, -0.25) is 14.9 Å². The number of aromatic hydroxyl groups is 1. The van der Waals surface area contributed by atoms with E-state index in [1.807, 2.05) is 44.2 Å². The highest BCUT2D eigenvalue weighted by atomic mass is 16.6. The normalized spacial score (nSPS) is 10.8. The van der Waals surface area contributed by atoms with Crippen LogP contribution in [0.3, 0.4) is 0 Å². The number of hydrogen-bond acceptors (Lipinski definition) is 7. The minimum atomic E-state index is -0.783. The molecule has 0 heterocycles. The third-order valence-electron chi connectivity index (χ3n) is 4.90. The Kier molecular flexibility index (Phi) is 8.03. The van der Waals surface area contributed by atoms with Crippen molar-refractivity contribution in [2.45, 2.75) is 20.5 Å². The molecule has 178 valence electrons. The molecule has 0 spiro atoms. The second-order valence-electron chi connectivity index (χ2n) is 7.50. The number of phenols is 1. The van der Waals surface area contributed by atoms with Crippen LogP contribution in [0.5, 0.6) is 17.2 Å². The Morgan fingerprint density at radius 3 is 2.49 bits per heavy atom. The lowest BCUT2D eigenvalue weighted by Gasteiger charge is -2.13. The fraction of sp³-hybridized carbons (Fsp3) is 0.154. The number of nitro groups is 1. The molecule has 0 fully saturated rings. The Morgan fingerprint density at radius 2 is 1.86 bits per heavy atom. The van der Waals surface area contributed by atoms with E-state index >= 15 is 0 Å². The van der Waals surface area contributed by atoms with E-state index in [0.29, 0.717) is 30.3 Å². The van der Waals surface area contributed by atoms with Crippen LogP contribution in [-0.4, -0.2) is 22.5 Å². The highest BCUT2D eigenvalue weighted by Gasteiger charge is 2.15. The van der Waals surface area contributed by atoms with Gasteiger partial charge in [0.2, 0.25) is 0 Å². The van der Waals surface area contributed by atoms with Crippen LogP contribution in [0.15, 0.2) is 66.2 Å². The van der Waals surface area contributed by atoms with Gasteiger partial charge in [0, 0.05) is 6.07 Å². The summed E-state index contributed by atoms with van der Waals surface area (Å²) in [7, 11) is 0. The summed E-state index contributed by atoms with van der Waals surface area (Å²) in [4.78, 5) is 22.7. The Morgan fingerprint density at radius 1 is 1.11 bits per heavy atom. The first-order valence-corrected chi connectivity index (χ1v) is 10.7. The highest BCUT2D eigenvalue weighted by Crippen LogP contribution is 2.31. The summed E-state index contributed by atoms with van der Waals surface area (Å²) < 4.78 is 11.6. The molecule has 0 aliphatic heterocycles. The number of nitrogens with zero attached hydrogens (tertiary/aromatic N) is 2. The van der Waals surface area contributed by atoms with Crippen molar-refractivity contribution in [3.05, 3.63) is 93.0 Å². The fourth-order valence-electron chi connectivity index (χ4n) is 3.09. The van der Waals surface area contributed by atoms with Crippen molar-refractivity contribution < 1.29 is 24.3 Å². The van der Waals surface area contributed by atoms with Crippen molar-refractivity contribution in [3.63, 3.8) is 0 Å². The van der Waals surface area contributed by atoms with E-state index < -0.39 is 16.6 Å². The van der Waals surface area contributed by atoms with Gasteiger partial charge in [0.25, 0.3) is 11.6 Å². The third-order valence-corrected chi connectivity index (χ3v) is 4.90. The molecule has 0 saturated heterocycles. The van der Waals surface area contributed by atoms with Crippen LogP contribution in [-0.2, 0) is 11.4 Å². The van der Waals surface area contributed by atoms with Crippen molar-refractivity contribution in [1.82, 2.24) is 0 Å². The number of carbonyl (C=O) groups excluding carboxylic acids is 1. The summed E-state index contributed by atoms with van der Waals surface area (Å²) in [5, 5.41) is 32.6. The maximum absolute atomic E-state index is 12.6. The maximum atomic E-state index is 12.6. The second kappa shape index (κ2) is 11.3. The summed E-state index contributed by atoms with van der Waals surface area (Å²) in [6, 6.07) is 18.0. The molecule has 0 atom stereocenters. The van der Waals surface area contributed by atoms with Gasteiger partial charge < -0.3 is 19.9 Å². The minimum absolute atomic E-state index is 0.0587. The van der Waals surface area contributed by atoms with Gasteiger partial charge in [-0.05, 0) is 49.2 Å².